The van der Waals surface area contributed by atoms with Crippen molar-refractivity contribution in [3.63, 3.8) is 0 Å². The van der Waals surface area contributed by atoms with E-state index in [1.807, 2.05) is 0 Å². The lowest BCUT2D eigenvalue weighted by atomic mass is 10.4. The van der Waals surface area contributed by atoms with E-state index in [1.165, 1.54) is 0 Å². The van der Waals surface area contributed by atoms with Gasteiger partial charge >= 0.3 is 0 Å². The van der Waals surface area contributed by atoms with Gasteiger partial charge in [0.05, 0.1) is 25.4 Å². The third-order valence-corrected chi connectivity index (χ3v) is 5.28. The zero-order valence-electron chi connectivity index (χ0n) is 8.41. The SMILES string of the molecule is OCC(O)CSCSCSCC(O)CO. The van der Waals surface area contributed by atoms with Crippen LogP contribution in [0.25, 0.3) is 0 Å². The predicted octanol–water partition coefficient (Wildman–Crippen LogP) is -0.193. The smallest absolute Gasteiger partial charge is 0.0861 e. The van der Waals surface area contributed by atoms with Gasteiger partial charge in [0.2, 0.25) is 0 Å². The van der Waals surface area contributed by atoms with Gasteiger partial charge in [0, 0.05) is 21.7 Å². The zero-order chi connectivity index (χ0) is 11.5. The fourth-order valence-corrected chi connectivity index (χ4v) is 3.98. The maximum absolute atomic E-state index is 9.02. The summed E-state index contributed by atoms with van der Waals surface area (Å²) in [6.07, 6.45) is -1.25. The van der Waals surface area contributed by atoms with Gasteiger partial charge in [-0.2, -0.15) is 0 Å². The van der Waals surface area contributed by atoms with Crippen LogP contribution in [0.15, 0.2) is 0 Å². The summed E-state index contributed by atoms with van der Waals surface area (Å²) < 4.78 is 0. The van der Waals surface area contributed by atoms with Crippen molar-refractivity contribution in [2.45, 2.75) is 12.2 Å². The summed E-state index contributed by atoms with van der Waals surface area (Å²) in [5.41, 5.74) is 0. The Morgan fingerprint density at radius 1 is 0.733 bits per heavy atom. The molecule has 0 aliphatic rings. The van der Waals surface area contributed by atoms with Crippen LogP contribution in [0.5, 0.6) is 0 Å². The van der Waals surface area contributed by atoms with E-state index in [-0.39, 0.29) is 13.2 Å². The van der Waals surface area contributed by atoms with Gasteiger partial charge in [-0.1, -0.05) is 0 Å². The summed E-state index contributed by atoms with van der Waals surface area (Å²) in [5, 5.41) is 36.8. The molecule has 0 radical (unpaired) electrons. The van der Waals surface area contributed by atoms with Gasteiger partial charge in [0.25, 0.3) is 0 Å². The van der Waals surface area contributed by atoms with Gasteiger partial charge in [-0.05, 0) is 0 Å². The maximum atomic E-state index is 9.02. The number of rotatable bonds is 10. The number of aliphatic hydroxyl groups is 4. The molecule has 4 N–H and O–H groups in total. The number of aliphatic hydroxyl groups excluding tert-OH is 4. The highest BCUT2D eigenvalue weighted by Crippen LogP contribution is 2.18. The van der Waals surface area contributed by atoms with Gasteiger partial charge < -0.3 is 20.4 Å². The van der Waals surface area contributed by atoms with Crippen LogP contribution in [0.3, 0.4) is 0 Å². The van der Waals surface area contributed by atoms with Crippen LogP contribution < -0.4 is 0 Å². The summed E-state index contributed by atoms with van der Waals surface area (Å²) >= 11 is 4.86. The minimum absolute atomic E-state index is 0.185. The summed E-state index contributed by atoms with van der Waals surface area (Å²) in [6, 6.07) is 0. The Morgan fingerprint density at radius 3 is 1.47 bits per heavy atom. The normalized spacial score (nSPS) is 15.2. The number of thioether (sulfide) groups is 3. The maximum Gasteiger partial charge on any atom is 0.0861 e. The lowest BCUT2D eigenvalue weighted by Gasteiger charge is -2.07. The van der Waals surface area contributed by atoms with E-state index in [1.54, 1.807) is 35.3 Å². The molecule has 2 unspecified atom stereocenters. The topological polar surface area (TPSA) is 80.9 Å². The molecule has 0 spiro atoms. The highest BCUT2D eigenvalue weighted by atomic mass is 32.2. The quantitative estimate of drug-likeness (QED) is 0.325. The lowest BCUT2D eigenvalue weighted by Crippen LogP contribution is -2.15. The molecule has 0 saturated heterocycles. The molecule has 15 heavy (non-hydrogen) atoms. The number of hydrogen-bond acceptors (Lipinski definition) is 7. The van der Waals surface area contributed by atoms with E-state index in [0.717, 1.165) is 10.2 Å². The molecule has 0 bridgehead atoms. The van der Waals surface area contributed by atoms with Crippen LogP contribution in [-0.2, 0) is 0 Å². The lowest BCUT2D eigenvalue weighted by molar-refractivity contribution is 0.113. The van der Waals surface area contributed by atoms with Crippen molar-refractivity contribution in [1.82, 2.24) is 0 Å². The summed E-state index contributed by atoms with van der Waals surface area (Å²) in [5.74, 6) is 1.10. The Morgan fingerprint density at radius 2 is 1.13 bits per heavy atom. The third kappa shape index (κ3) is 11.2. The van der Waals surface area contributed by atoms with Crippen molar-refractivity contribution < 1.29 is 20.4 Å². The fourth-order valence-electron chi connectivity index (χ4n) is 0.626. The van der Waals surface area contributed by atoms with Crippen molar-refractivity contribution >= 4 is 35.3 Å². The van der Waals surface area contributed by atoms with Gasteiger partial charge in [0.15, 0.2) is 0 Å². The Balaban J connectivity index is 3.05. The minimum Gasteiger partial charge on any atom is -0.394 e. The molecule has 0 aromatic heterocycles. The average molecular weight is 274 g/mol. The van der Waals surface area contributed by atoms with Crippen LogP contribution in [0.1, 0.15) is 0 Å². The third-order valence-electron chi connectivity index (χ3n) is 1.38. The largest absolute Gasteiger partial charge is 0.394 e. The molecule has 0 aromatic carbocycles. The Kier molecular flexibility index (Phi) is 12.1. The Hall–Kier alpha value is 0.890. The van der Waals surface area contributed by atoms with Crippen LogP contribution >= 0.6 is 35.3 Å². The Labute approximate surface area is 103 Å². The van der Waals surface area contributed by atoms with Crippen LogP contribution in [-0.4, -0.2) is 67.5 Å². The second kappa shape index (κ2) is 11.4. The monoisotopic (exact) mass is 274 g/mol. The van der Waals surface area contributed by atoms with Crippen molar-refractivity contribution in [2.24, 2.45) is 0 Å². The van der Waals surface area contributed by atoms with E-state index in [2.05, 4.69) is 0 Å². The molecular weight excluding hydrogens is 256 g/mol. The molecule has 92 valence electrons. The average Bonchev–Trinajstić information content (AvgIpc) is 2.26. The molecule has 2 atom stereocenters. The zero-order valence-corrected chi connectivity index (χ0v) is 10.9. The summed E-state index contributed by atoms with van der Waals surface area (Å²) in [7, 11) is 0. The van der Waals surface area contributed by atoms with E-state index in [9.17, 15) is 0 Å². The first kappa shape index (κ1) is 15.9. The highest BCUT2D eigenvalue weighted by Gasteiger charge is 2.03. The summed E-state index contributed by atoms with van der Waals surface area (Å²) in [6.45, 7) is -0.371. The molecule has 0 aliphatic heterocycles. The van der Waals surface area contributed by atoms with Crippen LogP contribution in [0, 0.1) is 0 Å². The molecule has 0 amide bonds. The first-order chi connectivity index (χ1) is 7.20. The molecule has 0 heterocycles. The van der Waals surface area contributed by atoms with Crippen molar-refractivity contribution in [3.8, 4) is 0 Å². The van der Waals surface area contributed by atoms with Gasteiger partial charge in [-0.25, -0.2) is 0 Å². The van der Waals surface area contributed by atoms with E-state index in [0.29, 0.717) is 11.5 Å². The molecule has 4 nitrogen and oxygen atoms in total. The molecule has 0 aliphatic carbocycles. The van der Waals surface area contributed by atoms with Crippen LogP contribution in [0.4, 0.5) is 0 Å². The standard InChI is InChI=1S/C8H18O4S3/c9-1-7(11)3-13-5-15-6-14-4-8(12)2-10/h7-12H,1-6H2. The van der Waals surface area contributed by atoms with Gasteiger partial charge in [0.1, 0.15) is 0 Å². The minimum atomic E-state index is -0.625. The van der Waals surface area contributed by atoms with E-state index >= 15 is 0 Å². The molecule has 7 heteroatoms. The molecule has 0 aromatic rings. The number of hydrogen-bond donors (Lipinski definition) is 4. The molecule has 0 rings (SSSR count). The fraction of sp³-hybridized carbons (Fsp3) is 1.00. The van der Waals surface area contributed by atoms with E-state index < -0.39 is 12.2 Å². The highest BCUT2D eigenvalue weighted by molar-refractivity contribution is 8.22. The van der Waals surface area contributed by atoms with E-state index in [4.69, 9.17) is 20.4 Å². The van der Waals surface area contributed by atoms with Gasteiger partial charge in [-0.3, -0.25) is 0 Å². The molecular formula is C8H18O4S3. The van der Waals surface area contributed by atoms with Crippen molar-refractivity contribution in [1.29, 1.82) is 0 Å². The van der Waals surface area contributed by atoms with Crippen LogP contribution in [0.2, 0.25) is 0 Å². The summed E-state index contributed by atoms with van der Waals surface area (Å²) in [4.78, 5) is 0. The van der Waals surface area contributed by atoms with Gasteiger partial charge in [-0.15, -0.1) is 35.3 Å². The predicted molar refractivity (Wildman–Crippen MR) is 68.4 cm³/mol. The Bertz CT molecular complexity index is 125. The molecule has 0 saturated carbocycles. The van der Waals surface area contributed by atoms with Crippen molar-refractivity contribution in [3.05, 3.63) is 0 Å². The van der Waals surface area contributed by atoms with Crippen molar-refractivity contribution in [2.75, 3.05) is 34.9 Å². The first-order valence-corrected chi connectivity index (χ1v) is 7.98. The molecule has 0 fully saturated rings. The second-order valence-corrected chi connectivity index (χ2v) is 6.63. The first-order valence-electron chi connectivity index (χ1n) is 4.51. The second-order valence-electron chi connectivity index (χ2n) is 2.85.